The molecule has 1 fully saturated rings. The SMILES string of the molecule is CC=C1CC/C(=[N+]2/C=C(CO)C(N)=NC2=O)O1. The number of nitrogens with zero attached hydrogens (tertiary/aromatic N) is 2. The average Bonchev–Trinajstić information content (AvgIpc) is 2.78. The number of carbonyl (C=O) groups excluding carboxylic acids is 1. The van der Waals surface area contributed by atoms with Crippen LogP contribution in [0.2, 0.25) is 0 Å². The molecule has 0 saturated carbocycles. The number of nitrogens with two attached hydrogens (primary N) is 1. The molecule has 1 saturated heterocycles. The summed E-state index contributed by atoms with van der Waals surface area (Å²) in [6.45, 7) is 1.62. The van der Waals surface area contributed by atoms with E-state index >= 15 is 0 Å². The first kappa shape index (κ1) is 11.5. The number of ether oxygens (including phenoxy) is 1. The van der Waals surface area contributed by atoms with E-state index in [1.807, 2.05) is 13.0 Å². The summed E-state index contributed by atoms with van der Waals surface area (Å²) in [5, 5.41) is 9.08. The molecule has 2 heterocycles. The number of amides is 2. The summed E-state index contributed by atoms with van der Waals surface area (Å²) < 4.78 is 6.79. The number of rotatable bonds is 1. The smallest absolute Gasteiger partial charge is 0.431 e. The van der Waals surface area contributed by atoms with Crippen molar-refractivity contribution in [1.82, 2.24) is 0 Å². The van der Waals surface area contributed by atoms with E-state index in [1.165, 1.54) is 10.8 Å². The molecule has 0 aromatic heterocycles. The van der Waals surface area contributed by atoms with Gasteiger partial charge in [0.15, 0.2) is 0 Å². The lowest BCUT2D eigenvalue weighted by atomic mass is 10.2. The van der Waals surface area contributed by atoms with Crippen molar-refractivity contribution in [2.45, 2.75) is 19.8 Å². The largest absolute Gasteiger partial charge is 0.549 e. The number of aliphatic hydroxyl groups is 1. The van der Waals surface area contributed by atoms with Crippen molar-refractivity contribution in [2.75, 3.05) is 6.61 Å². The van der Waals surface area contributed by atoms with E-state index in [0.29, 0.717) is 17.9 Å². The number of hydrogen-bond donors (Lipinski definition) is 2. The molecule has 0 spiro atoms. The molecule has 0 bridgehead atoms. The Bertz CT molecular complexity index is 486. The number of hydrogen-bond acceptors (Lipinski definition) is 4. The van der Waals surface area contributed by atoms with Gasteiger partial charge in [-0.2, -0.15) is 4.79 Å². The number of amidine groups is 1. The molecule has 0 atom stereocenters. The molecule has 0 radical (unpaired) electrons. The predicted octanol–water partition coefficient (Wildman–Crippen LogP) is 0.479. The minimum atomic E-state index is -0.493. The van der Waals surface area contributed by atoms with E-state index in [0.717, 1.165) is 12.2 Å². The lowest BCUT2D eigenvalue weighted by Gasteiger charge is -2.06. The standard InChI is InChI=1S/C11H13N3O3/c1-2-8-3-4-9(17-8)14-5-7(6-15)10(12)13-11(14)16/h2,5,15H,3-4,6H2,1H3,(H-,12,13,16)/p+1/b8-2?,14-9+. The van der Waals surface area contributed by atoms with Crippen molar-refractivity contribution >= 4 is 17.8 Å². The van der Waals surface area contributed by atoms with Crippen molar-refractivity contribution in [3.05, 3.63) is 23.6 Å². The molecular formula is C11H14N3O3+. The van der Waals surface area contributed by atoms with Gasteiger partial charge in [-0.25, -0.2) is 0 Å². The second-order valence-electron chi connectivity index (χ2n) is 3.71. The Balaban J connectivity index is 2.37. The molecule has 6 heteroatoms. The van der Waals surface area contributed by atoms with Crippen molar-refractivity contribution in [3.63, 3.8) is 0 Å². The maximum Gasteiger partial charge on any atom is 0.549 e. The van der Waals surface area contributed by atoms with Crippen molar-refractivity contribution in [2.24, 2.45) is 10.7 Å². The van der Waals surface area contributed by atoms with Crippen LogP contribution in [-0.4, -0.2) is 34.1 Å². The number of allylic oxidation sites excluding steroid dienone is 2. The van der Waals surface area contributed by atoms with Gasteiger partial charge in [0.2, 0.25) is 0 Å². The van der Waals surface area contributed by atoms with Gasteiger partial charge < -0.3 is 15.6 Å². The zero-order valence-corrected chi connectivity index (χ0v) is 9.51. The number of aliphatic hydroxyl groups excluding tert-OH is 1. The summed E-state index contributed by atoms with van der Waals surface area (Å²) in [6.07, 6.45) is 4.72. The number of aliphatic imine (C=N–C) groups is 1. The summed E-state index contributed by atoms with van der Waals surface area (Å²) in [5.74, 6) is 1.40. The molecule has 0 aliphatic carbocycles. The first-order chi connectivity index (χ1) is 8.15. The van der Waals surface area contributed by atoms with Gasteiger partial charge in [-0.3, -0.25) is 0 Å². The Labute approximate surface area is 98.4 Å². The second-order valence-corrected chi connectivity index (χ2v) is 3.71. The molecule has 6 nitrogen and oxygen atoms in total. The third-order valence-electron chi connectivity index (χ3n) is 2.63. The third-order valence-corrected chi connectivity index (χ3v) is 2.63. The Morgan fingerprint density at radius 1 is 1.65 bits per heavy atom. The van der Waals surface area contributed by atoms with Gasteiger partial charge in [0.25, 0.3) is 11.7 Å². The van der Waals surface area contributed by atoms with Gasteiger partial charge in [0.05, 0.1) is 18.6 Å². The number of urea groups is 1. The predicted molar refractivity (Wildman–Crippen MR) is 61.5 cm³/mol. The van der Waals surface area contributed by atoms with Crippen LogP contribution in [0.25, 0.3) is 0 Å². The van der Waals surface area contributed by atoms with Crippen LogP contribution in [0.5, 0.6) is 0 Å². The second kappa shape index (κ2) is 4.50. The summed E-state index contributed by atoms with van der Waals surface area (Å²) >= 11 is 0. The van der Waals surface area contributed by atoms with Crippen molar-refractivity contribution < 1.29 is 19.2 Å². The average molecular weight is 236 g/mol. The van der Waals surface area contributed by atoms with Crippen LogP contribution in [0.15, 0.2) is 28.6 Å². The Morgan fingerprint density at radius 3 is 3.00 bits per heavy atom. The maximum absolute atomic E-state index is 11.7. The summed E-state index contributed by atoms with van der Waals surface area (Å²) in [7, 11) is 0. The van der Waals surface area contributed by atoms with E-state index in [4.69, 9.17) is 15.6 Å². The highest BCUT2D eigenvalue weighted by atomic mass is 16.5. The molecule has 0 aromatic carbocycles. The van der Waals surface area contributed by atoms with Crippen molar-refractivity contribution in [3.8, 4) is 0 Å². The Kier molecular flexibility index (Phi) is 3.06. The first-order valence-corrected chi connectivity index (χ1v) is 5.34. The highest BCUT2D eigenvalue weighted by molar-refractivity contribution is 6.04. The van der Waals surface area contributed by atoms with Crippen LogP contribution < -0.4 is 5.73 Å². The molecule has 2 rings (SSSR count). The van der Waals surface area contributed by atoms with E-state index in [2.05, 4.69) is 4.99 Å². The maximum atomic E-state index is 11.7. The van der Waals surface area contributed by atoms with Gasteiger partial charge in [0.1, 0.15) is 12.0 Å². The van der Waals surface area contributed by atoms with Gasteiger partial charge in [0, 0.05) is 11.4 Å². The quantitative estimate of drug-likeness (QED) is 0.648. The van der Waals surface area contributed by atoms with Gasteiger partial charge in [-0.15, -0.1) is 4.58 Å². The number of carbonyl (C=O) groups is 1. The highest BCUT2D eigenvalue weighted by Crippen LogP contribution is 2.19. The lowest BCUT2D eigenvalue weighted by molar-refractivity contribution is -0.360. The third kappa shape index (κ3) is 2.12. The lowest BCUT2D eigenvalue weighted by Crippen LogP contribution is -2.31. The van der Waals surface area contributed by atoms with Gasteiger partial charge in [-0.05, 0) is 13.0 Å². The van der Waals surface area contributed by atoms with E-state index in [1.54, 1.807) is 0 Å². The molecule has 3 N–H and O–H groups in total. The Morgan fingerprint density at radius 2 is 2.41 bits per heavy atom. The minimum absolute atomic E-state index is 0.0543. The molecule has 90 valence electrons. The Hall–Kier alpha value is -1.95. The van der Waals surface area contributed by atoms with Crippen LogP contribution in [0.4, 0.5) is 4.79 Å². The van der Waals surface area contributed by atoms with E-state index in [9.17, 15) is 4.79 Å². The zero-order valence-electron chi connectivity index (χ0n) is 9.51. The van der Waals surface area contributed by atoms with Crippen LogP contribution in [0, 0.1) is 0 Å². The molecule has 0 aromatic rings. The van der Waals surface area contributed by atoms with Gasteiger partial charge in [-0.1, -0.05) is 0 Å². The van der Waals surface area contributed by atoms with Crippen molar-refractivity contribution in [1.29, 1.82) is 0 Å². The summed E-state index contributed by atoms with van der Waals surface area (Å²) in [4.78, 5) is 15.3. The first-order valence-electron chi connectivity index (χ1n) is 5.34. The van der Waals surface area contributed by atoms with E-state index < -0.39 is 6.03 Å². The van der Waals surface area contributed by atoms with E-state index in [-0.39, 0.29) is 12.4 Å². The highest BCUT2D eigenvalue weighted by Gasteiger charge is 2.32. The molecule has 2 aliphatic heterocycles. The molecule has 2 amide bonds. The summed E-state index contributed by atoms with van der Waals surface area (Å²) in [6, 6.07) is -0.493. The van der Waals surface area contributed by atoms with Crippen LogP contribution in [0.1, 0.15) is 19.8 Å². The summed E-state index contributed by atoms with van der Waals surface area (Å²) in [5.41, 5.74) is 5.92. The molecule has 0 unspecified atom stereocenters. The zero-order chi connectivity index (χ0) is 12.4. The molecule has 2 aliphatic rings. The normalized spacial score (nSPS) is 26.9. The fourth-order valence-electron chi connectivity index (χ4n) is 1.66. The van der Waals surface area contributed by atoms with Gasteiger partial charge >= 0.3 is 6.03 Å². The monoisotopic (exact) mass is 236 g/mol. The molecular weight excluding hydrogens is 222 g/mol. The van der Waals surface area contributed by atoms with Crippen LogP contribution in [-0.2, 0) is 4.74 Å². The van der Waals surface area contributed by atoms with Crippen LogP contribution >= 0.6 is 0 Å². The topological polar surface area (TPSA) is 87.9 Å². The fourth-order valence-corrected chi connectivity index (χ4v) is 1.66. The fraction of sp³-hybridized carbons (Fsp3) is 0.364. The minimum Gasteiger partial charge on any atom is -0.431 e. The van der Waals surface area contributed by atoms with Crippen LogP contribution in [0.3, 0.4) is 0 Å². The molecule has 17 heavy (non-hydrogen) atoms.